The van der Waals surface area contributed by atoms with E-state index < -0.39 is 5.97 Å². The lowest BCUT2D eigenvalue weighted by Gasteiger charge is -2.05. The zero-order valence-corrected chi connectivity index (χ0v) is 10.5. The third-order valence-corrected chi connectivity index (χ3v) is 2.66. The first-order chi connectivity index (χ1) is 8.08. The molecule has 1 N–H and O–H groups in total. The molecule has 0 saturated heterocycles. The summed E-state index contributed by atoms with van der Waals surface area (Å²) in [7, 11) is 1.59. The van der Waals surface area contributed by atoms with Crippen LogP contribution in [0.25, 0.3) is 0 Å². The van der Waals surface area contributed by atoms with Crippen molar-refractivity contribution < 1.29 is 14.6 Å². The summed E-state index contributed by atoms with van der Waals surface area (Å²) in [5.41, 5.74) is 0.0787. The molecule has 0 saturated carbocycles. The Hall–Kier alpha value is -1.82. The quantitative estimate of drug-likeness (QED) is 0.946. The number of aromatic carboxylic acids is 1. The molecule has 5 nitrogen and oxygen atoms in total. The summed E-state index contributed by atoms with van der Waals surface area (Å²) in [6, 6.07) is 7.46. The maximum absolute atomic E-state index is 10.8. The van der Waals surface area contributed by atoms with Gasteiger partial charge >= 0.3 is 12.0 Å². The Morgan fingerprint density at radius 2 is 2.29 bits per heavy atom. The van der Waals surface area contributed by atoms with Crippen molar-refractivity contribution in [1.82, 2.24) is 9.55 Å². The second-order valence-corrected chi connectivity index (χ2v) is 4.27. The van der Waals surface area contributed by atoms with Crippen molar-refractivity contribution in [3.05, 3.63) is 40.6 Å². The minimum atomic E-state index is -1.04. The summed E-state index contributed by atoms with van der Waals surface area (Å²) in [5.74, 6) is -0.450. The number of hydrogen-bond acceptors (Lipinski definition) is 3. The van der Waals surface area contributed by atoms with E-state index in [0.29, 0.717) is 5.75 Å². The van der Waals surface area contributed by atoms with Crippen molar-refractivity contribution in [3.63, 3.8) is 0 Å². The highest BCUT2D eigenvalue weighted by Crippen LogP contribution is 2.23. The Morgan fingerprint density at radius 1 is 1.53 bits per heavy atom. The normalized spacial score (nSPS) is 10.2. The number of carbonyl (C=O) groups is 1. The molecule has 0 bridgehead atoms. The fraction of sp³-hybridized carbons (Fsp3) is 0.0909. The predicted octanol–water partition coefficient (Wildman–Crippen LogP) is 2.67. The average molecular weight is 297 g/mol. The molecule has 0 aliphatic heterocycles. The molecule has 17 heavy (non-hydrogen) atoms. The number of nitrogens with zero attached hydrogens (tertiary/aromatic N) is 2. The molecule has 0 fully saturated rings. The highest BCUT2D eigenvalue weighted by atomic mass is 79.9. The topological polar surface area (TPSA) is 64.4 Å². The van der Waals surface area contributed by atoms with E-state index in [0.717, 1.165) is 4.47 Å². The zero-order chi connectivity index (χ0) is 12.4. The molecule has 2 aromatic rings. The molecule has 1 aromatic heterocycles. The lowest BCUT2D eigenvalue weighted by Crippen LogP contribution is -2.05. The number of carboxylic acid groups (broad SMARTS) is 1. The smallest absolute Gasteiger partial charge is 0.354 e. The van der Waals surface area contributed by atoms with Gasteiger partial charge in [0.05, 0.1) is 6.20 Å². The van der Waals surface area contributed by atoms with Gasteiger partial charge in [0.25, 0.3) is 0 Å². The second-order valence-electron chi connectivity index (χ2n) is 3.35. The molecular formula is C11H9BrN2O3. The van der Waals surface area contributed by atoms with Crippen molar-refractivity contribution in [2.45, 2.75) is 0 Å². The molecule has 0 unspecified atom stereocenters. The minimum Gasteiger partial charge on any atom is -0.477 e. The van der Waals surface area contributed by atoms with Crippen LogP contribution in [0.5, 0.6) is 11.8 Å². The molecule has 0 amide bonds. The molecule has 0 spiro atoms. The van der Waals surface area contributed by atoms with Gasteiger partial charge in [-0.3, -0.25) is 4.57 Å². The van der Waals surface area contributed by atoms with Gasteiger partial charge in [0.1, 0.15) is 11.4 Å². The standard InChI is InChI=1S/C11H9BrN2O3/c1-14-9(10(15)16)6-13-11(14)17-8-4-2-3-7(12)5-8/h2-6H,1H3,(H,15,16). The van der Waals surface area contributed by atoms with Gasteiger partial charge in [0.2, 0.25) is 0 Å². The van der Waals surface area contributed by atoms with Gasteiger partial charge < -0.3 is 9.84 Å². The van der Waals surface area contributed by atoms with E-state index >= 15 is 0 Å². The Labute approximate surface area is 106 Å². The molecule has 1 aromatic carbocycles. The predicted molar refractivity (Wildman–Crippen MR) is 64.4 cm³/mol. The largest absolute Gasteiger partial charge is 0.477 e. The van der Waals surface area contributed by atoms with E-state index in [2.05, 4.69) is 20.9 Å². The molecule has 88 valence electrons. The average Bonchev–Trinajstić information content (AvgIpc) is 2.61. The van der Waals surface area contributed by atoms with Crippen molar-refractivity contribution in [2.24, 2.45) is 7.05 Å². The molecular weight excluding hydrogens is 288 g/mol. The first kappa shape index (κ1) is 11.7. The van der Waals surface area contributed by atoms with Crippen molar-refractivity contribution in [3.8, 4) is 11.8 Å². The minimum absolute atomic E-state index is 0.0787. The van der Waals surface area contributed by atoms with Crippen LogP contribution in [0.4, 0.5) is 0 Å². The molecule has 2 rings (SSSR count). The summed E-state index contributed by atoms with van der Waals surface area (Å²) in [4.78, 5) is 14.7. The summed E-state index contributed by atoms with van der Waals surface area (Å²) >= 11 is 3.32. The van der Waals surface area contributed by atoms with E-state index in [4.69, 9.17) is 9.84 Å². The number of imidazole rings is 1. The van der Waals surface area contributed by atoms with Crippen LogP contribution < -0.4 is 4.74 Å². The van der Waals surface area contributed by atoms with Crippen LogP contribution in [0.3, 0.4) is 0 Å². The van der Waals surface area contributed by atoms with Crippen LogP contribution in [0, 0.1) is 0 Å². The summed E-state index contributed by atoms with van der Waals surface area (Å²) < 4.78 is 7.73. The maximum Gasteiger partial charge on any atom is 0.354 e. The lowest BCUT2D eigenvalue weighted by atomic mass is 10.3. The van der Waals surface area contributed by atoms with Crippen LogP contribution >= 0.6 is 15.9 Å². The van der Waals surface area contributed by atoms with E-state index in [9.17, 15) is 4.79 Å². The van der Waals surface area contributed by atoms with Crippen LogP contribution in [-0.4, -0.2) is 20.6 Å². The number of ether oxygens (including phenoxy) is 1. The van der Waals surface area contributed by atoms with Crippen LogP contribution in [-0.2, 0) is 7.05 Å². The van der Waals surface area contributed by atoms with E-state index in [1.165, 1.54) is 10.8 Å². The van der Waals surface area contributed by atoms with Crippen molar-refractivity contribution in [2.75, 3.05) is 0 Å². The van der Waals surface area contributed by atoms with E-state index in [1.807, 2.05) is 12.1 Å². The highest BCUT2D eigenvalue weighted by molar-refractivity contribution is 9.10. The number of carboxylic acids is 1. The van der Waals surface area contributed by atoms with Gasteiger partial charge in [-0.25, -0.2) is 9.78 Å². The van der Waals surface area contributed by atoms with Gasteiger partial charge in [-0.1, -0.05) is 22.0 Å². The number of rotatable bonds is 3. The Kier molecular flexibility index (Phi) is 3.14. The van der Waals surface area contributed by atoms with Crippen molar-refractivity contribution >= 4 is 21.9 Å². The molecule has 0 radical (unpaired) electrons. The third kappa shape index (κ3) is 2.47. The molecule has 0 aliphatic rings. The van der Waals surface area contributed by atoms with E-state index in [1.54, 1.807) is 19.2 Å². The SMILES string of the molecule is Cn1c(C(=O)O)cnc1Oc1cccc(Br)c1. The zero-order valence-electron chi connectivity index (χ0n) is 8.92. The number of aromatic nitrogens is 2. The van der Waals surface area contributed by atoms with Gasteiger partial charge in [-0.15, -0.1) is 0 Å². The summed E-state index contributed by atoms with van der Waals surface area (Å²) in [6.07, 6.45) is 1.26. The Morgan fingerprint density at radius 3 is 2.88 bits per heavy atom. The maximum atomic E-state index is 10.8. The third-order valence-electron chi connectivity index (χ3n) is 2.17. The fourth-order valence-corrected chi connectivity index (χ4v) is 1.70. The lowest BCUT2D eigenvalue weighted by molar-refractivity contribution is 0.0685. The summed E-state index contributed by atoms with van der Waals surface area (Å²) in [6.45, 7) is 0. The monoisotopic (exact) mass is 296 g/mol. The van der Waals surface area contributed by atoms with Crippen molar-refractivity contribution in [1.29, 1.82) is 0 Å². The van der Waals surface area contributed by atoms with Crippen LogP contribution in [0.15, 0.2) is 34.9 Å². The number of halogens is 1. The van der Waals surface area contributed by atoms with Gasteiger partial charge in [-0.05, 0) is 18.2 Å². The van der Waals surface area contributed by atoms with E-state index in [-0.39, 0.29) is 11.7 Å². The molecule has 0 aliphatic carbocycles. The van der Waals surface area contributed by atoms with Crippen LogP contribution in [0.1, 0.15) is 10.5 Å². The van der Waals surface area contributed by atoms with Gasteiger partial charge in [-0.2, -0.15) is 0 Å². The first-order valence-corrected chi connectivity index (χ1v) is 5.55. The fourth-order valence-electron chi connectivity index (χ4n) is 1.32. The summed E-state index contributed by atoms with van der Waals surface area (Å²) in [5, 5.41) is 8.87. The number of benzene rings is 1. The molecule has 0 atom stereocenters. The van der Waals surface area contributed by atoms with Crippen LogP contribution in [0.2, 0.25) is 0 Å². The first-order valence-electron chi connectivity index (χ1n) is 4.76. The second kappa shape index (κ2) is 4.58. The Bertz CT molecular complexity index is 566. The van der Waals surface area contributed by atoms with Gasteiger partial charge in [0, 0.05) is 11.5 Å². The number of hydrogen-bond donors (Lipinski definition) is 1. The Balaban J connectivity index is 2.28. The molecule has 1 heterocycles. The highest BCUT2D eigenvalue weighted by Gasteiger charge is 2.13. The van der Waals surface area contributed by atoms with Gasteiger partial charge in [0.15, 0.2) is 0 Å². The molecule has 6 heteroatoms.